The number of pyridine rings is 1. The third kappa shape index (κ3) is 5.95. The van der Waals surface area contributed by atoms with Gasteiger partial charge in [0.25, 0.3) is 0 Å². The van der Waals surface area contributed by atoms with Crippen LogP contribution < -0.4 is 4.74 Å². The number of nitriles is 1. The Kier molecular flexibility index (Phi) is 8.21. The van der Waals surface area contributed by atoms with Gasteiger partial charge < -0.3 is 24.3 Å². The van der Waals surface area contributed by atoms with Crippen molar-refractivity contribution < 1.29 is 37.7 Å². The van der Waals surface area contributed by atoms with E-state index in [-0.39, 0.29) is 78.2 Å². The average molecular weight is 615 g/mol. The van der Waals surface area contributed by atoms with E-state index in [4.69, 9.17) is 14.7 Å². The maximum Gasteiger partial charge on any atom is 0.335 e. The number of fused-ring (bicyclic) bond motifs is 1. The standard InChI is InChI=1S/C33H25F3N4O5/c34-24-8-18(13-37)4-5-20(24)16-45-32-3-1-2-27(39-32)23-12-25(35)21(9-26(23)36)11-31-38-28-7-6-19(33(42)43)10-29(28)40(31)30-17-44-15-22(30)14-41/h1-10,12,22,30,41H,11,14-17H2,(H,42,43)/t22-,30?/m1/s1. The van der Waals surface area contributed by atoms with Crippen LogP contribution in [0, 0.1) is 34.7 Å². The number of hydrogen-bond donors (Lipinski definition) is 2. The van der Waals surface area contributed by atoms with Gasteiger partial charge in [-0.15, -0.1) is 0 Å². The van der Waals surface area contributed by atoms with Crippen molar-refractivity contribution in [2.24, 2.45) is 5.92 Å². The number of rotatable bonds is 9. The number of aromatic nitrogens is 3. The van der Waals surface area contributed by atoms with E-state index < -0.39 is 29.5 Å². The largest absolute Gasteiger partial charge is 0.478 e. The molecule has 12 heteroatoms. The number of ether oxygens (including phenoxy) is 2. The minimum Gasteiger partial charge on any atom is -0.478 e. The molecule has 3 aromatic carbocycles. The molecule has 0 spiro atoms. The average Bonchev–Trinajstić information content (AvgIpc) is 3.65. The van der Waals surface area contributed by atoms with E-state index in [2.05, 4.69) is 9.97 Å². The number of benzene rings is 3. The molecule has 0 amide bonds. The quantitative estimate of drug-likeness (QED) is 0.225. The maximum absolute atomic E-state index is 15.6. The highest BCUT2D eigenvalue weighted by atomic mass is 19.1. The summed E-state index contributed by atoms with van der Waals surface area (Å²) in [4.78, 5) is 20.5. The zero-order valence-electron chi connectivity index (χ0n) is 23.6. The number of imidazole rings is 1. The number of nitrogens with zero attached hydrogens (tertiary/aromatic N) is 4. The lowest BCUT2D eigenvalue weighted by atomic mass is 10.0. The number of halogens is 3. The van der Waals surface area contributed by atoms with Gasteiger partial charge in [-0.2, -0.15) is 5.26 Å². The monoisotopic (exact) mass is 614 g/mol. The van der Waals surface area contributed by atoms with Crippen molar-refractivity contribution in [1.82, 2.24) is 14.5 Å². The van der Waals surface area contributed by atoms with Crippen LogP contribution in [0.4, 0.5) is 13.2 Å². The molecule has 0 aliphatic carbocycles. The molecular weight excluding hydrogens is 589 g/mol. The first kappa shape index (κ1) is 29.8. The van der Waals surface area contributed by atoms with Crippen LogP contribution in [0.15, 0.2) is 66.7 Å². The smallest absolute Gasteiger partial charge is 0.335 e. The van der Waals surface area contributed by atoms with E-state index in [1.807, 2.05) is 6.07 Å². The number of aliphatic hydroxyl groups excluding tert-OH is 1. The van der Waals surface area contributed by atoms with Crippen molar-refractivity contribution in [2.45, 2.75) is 19.1 Å². The summed E-state index contributed by atoms with van der Waals surface area (Å²) in [5.41, 5.74) is 1.35. The van der Waals surface area contributed by atoms with Crippen LogP contribution >= 0.6 is 0 Å². The molecule has 0 radical (unpaired) electrons. The molecule has 6 rings (SSSR count). The van der Waals surface area contributed by atoms with Crippen LogP contribution in [0.3, 0.4) is 0 Å². The zero-order valence-corrected chi connectivity index (χ0v) is 23.6. The van der Waals surface area contributed by atoms with E-state index in [9.17, 15) is 19.4 Å². The van der Waals surface area contributed by atoms with Gasteiger partial charge in [0.1, 0.15) is 29.9 Å². The van der Waals surface area contributed by atoms with Crippen molar-refractivity contribution in [3.63, 3.8) is 0 Å². The van der Waals surface area contributed by atoms with Crippen molar-refractivity contribution in [3.8, 4) is 23.2 Å². The zero-order chi connectivity index (χ0) is 31.7. The lowest BCUT2D eigenvalue weighted by molar-refractivity contribution is 0.0697. The molecule has 1 aliphatic rings. The Morgan fingerprint density at radius 2 is 1.82 bits per heavy atom. The maximum atomic E-state index is 15.6. The van der Waals surface area contributed by atoms with Crippen molar-refractivity contribution in [1.29, 1.82) is 5.26 Å². The van der Waals surface area contributed by atoms with Crippen molar-refractivity contribution in [2.75, 3.05) is 19.8 Å². The minimum absolute atomic E-state index is 0.00873. The summed E-state index contributed by atoms with van der Waals surface area (Å²) in [6, 6.07) is 16.5. The highest BCUT2D eigenvalue weighted by molar-refractivity contribution is 5.92. The highest BCUT2D eigenvalue weighted by Crippen LogP contribution is 2.33. The lowest BCUT2D eigenvalue weighted by Gasteiger charge is -2.21. The van der Waals surface area contributed by atoms with Gasteiger partial charge in [-0.05, 0) is 54.1 Å². The van der Waals surface area contributed by atoms with E-state index in [0.29, 0.717) is 16.9 Å². The van der Waals surface area contributed by atoms with Gasteiger partial charge in [-0.3, -0.25) is 0 Å². The molecular formula is C33H25F3N4O5. The Labute approximate surface area is 254 Å². The SMILES string of the molecule is N#Cc1ccc(COc2cccc(-c3cc(F)c(Cc4nc5ccc(C(=O)O)cc5n4C4COC[C@H]4CO)cc3F)n2)c(F)c1. The highest BCUT2D eigenvalue weighted by Gasteiger charge is 2.32. The predicted molar refractivity (Wildman–Crippen MR) is 155 cm³/mol. The first-order valence-corrected chi connectivity index (χ1v) is 13.9. The van der Waals surface area contributed by atoms with Gasteiger partial charge in [-0.1, -0.05) is 12.1 Å². The van der Waals surface area contributed by atoms with Crippen molar-refractivity contribution in [3.05, 3.63) is 112 Å². The predicted octanol–water partition coefficient (Wildman–Crippen LogP) is 5.44. The van der Waals surface area contributed by atoms with Crippen LogP contribution in [0.25, 0.3) is 22.3 Å². The molecule has 45 heavy (non-hydrogen) atoms. The summed E-state index contributed by atoms with van der Waals surface area (Å²) in [5, 5.41) is 28.4. The second kappa shape index (κ2) is 12.4. The summed E-state index contributed by atoms with van der Waals surface area (Å²) >= 11 is 0. The molecule has 1 aliphatic heterocycles. The molecule has 0 saturated carbocycles. The van der Waals surface area contributed by atoms with Crippen LogP contribution in [0.2, 0.25) is 0 Å². The lowest BCUT2D eigenvalue weighted by Crippen LogP contribution is -2.23. The van der Waals surface area contributed by atoms with Gasteiger partial charge in [0, 0.05) is 29.5 Å². The van der Waals surface area contributed by atoms with Crippen LogP contribution in [0.1, 0.15) is 38.9 Å². The van der Waals surface area contributed by atoms with Gasteiger partial charge in [0.2, 0.25) is 5.88 Å². The third-order valence-electron chi connectivity index (χ3n) is 7.78. The molecule has 2 atom stereocenters. The first-order chi connectivity index (χ1) is 21.7. The van der Waals surface area contributed by atoms with E-state index >= 15 is 8.78 Å². The number of aromatic carboxylic acids is 1. The van der Waals surface area contributed by atoms with E-state index in [1.54, 1.807) is 16.7 Å². The third-order valence-corrected chi connectivity index (χ3v) is 7.78. The Bertz CT molecular complexity index is 1970. The summed E-state index contributed by atoms with van der Waals surface area (Å²) in [6.07, 6.45) is -0.124. The summed E-state index contributed by atoms with van der Waals surface area (Å²) in [7, 11) is 0. The Hall–Kier alpha value is -5.25. The Morgan fingerprint density at radius 3 is 2.58 bits per heavy atom. The van der Waals surface area contributed by atoms with Crippen LogP contribution in [-0.4, -0.2) is 50.5 Å². The summed E-state index contributed by atoms with van der Waals surface area (Å²) < 4.78 is 58.3. The van der Waals surface area contributed by atoms with Gasteiger partial charge in [0.15, 0.2) is 0 Å². The molecule has 1 unspecified atom stereocenters. The number of aliphatic hydroxyl groups is 1. The molecule has 2 N–H and O–H groups in total. The Morgan fingerprint density at radius 1 is 1.00 bits per heavy atom. The minimum atomic E-state index is -1.12. The molecule has 0 bridgehead atoms. The Balaban J connectivity index is 1.29. The summed E-state index contributed by atoms with van der Waals surface area (Å²) in [6.45, 7) is 0.146. The molecule has 2 aromatic heterocycles. The van der Waals surface area contributed by atoms with Gasteiger partial charge in [-0.25, -0.2) is 27.9 Å². The number of carboxylic acids is 1. The molecule has 1 fully saturated rings. The molecule has 5 aromatic rings. The van der Waals surface area contributed by atoms with Crippen LogP contribution in [-0.2, 0) is 17.8 Å². The molecule has 3 heterocycles. The van der Waals surface area contributed by atoms with E-state index in [1.165, 1.54) is 36.4 Å². The second-order valence-corrected chi connectivity index (χ2v) is 10.6. The summed E-state index contributed by atoms with van der Waals surface area (Å²) in [5.74, 6) is -3.08. The normalized spacial score (nSPS) is 16.2. The molecule has 1 saturated heterocycles. The van der Waals surface area contributed by atoms with Crippen LogP contribution in [0.5, 0.6) is 5.88 Å². The van der Waals surface area contributed by atoms with Gasteiger partial charge in [0.05, 0.1) is 59.8 Å². The van der Waals surface area contributed by atoms with Crippen molar-refractivity contribution >= 4 is 17.0 Å². The molecule has 9 nitrogen and oxygen atoms in total. The fourth-order valence-corrected chi connectivity index (χ4v) is 5.44. The topological polar surface area (TPSA) is 130 Å². The van der Waals surface area contributed by atoms with Gasteiger partial charge >= 0.3 is 5.97 Å². The molecule has 228 valence electrons. The number of carboxylic acid groups (broad SMARTS) is 1. The fourth-order valence-electron chi connectivity index (χ4n) is 5.44. The number of carbonyl (C=O) groups is 1. The number of hydrogen-bond acceptors (Lipinski definition) is 7. The van der Waals surface area contributed by atoms with E-state index in [0.717, 1.165) is 18.2 Å². The first-order valence-electron chi connectivity index (χ1n) is 13.9. The second-order valence-electron chi connectivity index (χ2n) is 10.6. The fraction of sp³-hybridized carbons (Fsp3) is 0.212.